The highest BCUT2D eigenvalue weighted by Gasteiger charge is 2.21. The van der Waals surface area contributed by atoms with Crippen molar-refractivity contribution >= 4 is 11.8 Å². The molecular weight excluding hydrogens is 244 g/mol. The van der Waals surface area contributed by atoms with Gasteiger partial charge in [-0.1, -0.05) is 6.42 Å². The minimum Gasteiger partial charge on any atom is -0.358 e. The zero-order valence-corrected chi connectivity index (χ0v) is 11.9. The molecule has 1 rings (SSSR count). The quantitative estimate of drug-likeness (QED) is 0.605. The molecule has 1 saturated heterocycles. The lowest BCUT2D eigenvalue weighted by Crippen LogP contribution is -2.50. The molecule has 0 aliphatic carbocycles. The number of hydrogen-bond acceptors (Lipinski definition) is 4. The molecule has 0 spiro atoms. The highest BCUT2D eigenvalue weighted by atomic mass is 16.2. The molecule has 0 radical (unpaired) electrons. The van der Waals surface area contributed by atoms with E-state index in [1.165, 1.54) is 0 Å². The van der Waals surface area contributed by atoms with Gasteiger partial charge in [-0.2, -0.15) is 0 Å². The first-order chi connectivity index (χ1) is 9.17. The molecule has 6 nitrogen and oxygen atoms in total. The van der Waals surface area contributed by atoms with Gasteiger partial charge < -0.3 is 16.0 Å². The summed E-state index contributed by atoms with van der Waals surface area (Å²) in [5.74, 6) is 0.262. The van der Waals surface area contributed by atoms with Gasteiger partial charge in [0.1, 0.15) is 0 Å². The molecule has 1 aliphatic rings. The second-order valence-electron chi connectivity index (χ2n) is 4.93. The molecule has 1 heterocycles. The number of carbonyl (C=O) groups is 2. The summed E-state index contributed by atoms with van der Waals surface area (Å²) in [5.41, 5.74) is 5.42. The van der Waals surface area contributed by atoms with Gasteiger partial charge in [-0.25, -0.2) is 0 Å². The van der Waals surface area contributed by atoms with Gasteiger partial charge in [0.05, 0.1) is 6.54 Å². The smallest absolute Gasteiger partial charge is 0.233 e. The van der Waals surface area contributed by atoms with Gasteiger partial charge in [0.2, 0.25) is 11.8 Å². The topological polar surface area (TPSA) is 78.7 Å². The maximum absolute atomic E-state index is 11.9. The minimum absolute atomic E-state index is 0.0292. The van der Waals surface area contributed by atoms with E-state index in [1.807, 2.05) is 4.90 Å². The van der Waals surface area contributed by atoms with Crippen molar-refractivity contribution in [1.29, 1.82) is 0 Å². The van der Waals surface area contributed by atoms with E-state index in [4.69, 9.17) is 5.73 Å². The number of likely N-dealkylation sites (N-methyl/N-ethyl adjacent to an activating group) is 1. The van der Waals surface area contributed by atoms with Crippen molar-refractivity contribution in [2.75, 3.05) is 46.3 Å². The fraction of sp³-hybridized carbons (Fsp3) is 0.846. The Labute approximate surface area is 115 Å². The number of hydrogen-bond donors (Lipinski definition) is 2. The van der Waals surface area contributed by atoms with Gasteiger partial charge >= 0.3 is 0 Å². The van der Waals surface area contributed by atoms with Gasteiger partial charge in [0.15, 0.2) is 0 Å². The van der Waals surface area contributed by atoms with Crippen LogP contribution in [-0.2, 0) is 9.59 Å². The van der Waals surface area contributed by atoms with Crippen molar-refractivity contribution in [3.05, 3.63) is 0 Å². The first-order valence-electron chi connectivity index (χ1n) is 7.08. The Bertz CT molecular complexity index is 288. The second-order valence-corrected chi connectivity index (χ2v) is 4.93. The Morgan fingerprint density at radius 1 is 1.11 bits per heavy atom. The first-order valence-corrected chi connectivity index (χ1v) is 7.08. The van der Waals surface area contributed by atoms with Crippen LogP contribution in [0.5, 0.6) is 0 Å². The number of nitrogens with zero attached hydrogens (tertiary/aromatic N) is 2. The van der Waals surface area contributed by atoms with E-state index in [1.54, 1.807) is 7.05 Å². The third kappa shape index (κ3) is 6.02. The molecule has 3 N–H and O–H groups in total. The molecule has 1 aliphatic heterocycles. The fourth-order valence-electron chi connectivity index (χ4n) is 2.19. The van der Waals surface area contributed by atoms with Crippen molar-refractivity contribution in [2.45, 2.75) is 25.7 Å². The summed E-state index contributed by atoms with van der Waals surface area (Å²) >= 11 is 0. The molecule has 0 aromatic heterocycles. The monoisotopic (exact) mass is 270 g/mol. The summed E-state index contributed by atoms with van der Waals surface area (Å²) in [6, 6.07) is 0. The number of nitrogens with two attached hydrogens (primary N) is 1. The molecule has 6 heteroatoms. The first kappa shape index (κ1) is 15.9. The molecule has 0 unspecified atom stereocenters. The number of nitrogens with one attached hydrogen (secondary N) is 1. The second kappa shape index (κ2) is 8.87. The van der Waals surface area contributed by atoms with E-state index in [0.29, 0.717) is 19.5 Å². The molecule has 1 fully saturated rings. The summed E-state index contributed by atoms with van der Waals surface area (Å²) in [5, 5.41) is 2.61. The van der Waals surface area contributed by atoms with Crippen LogP contribution < -0.4 is 11.1 Å². The van der Waals surface area contributed by atoms with Gasteiger partial charge in [-0.05, 0) is 19.4 Å². The van der Waals surface area contributed by atoms with Crippen LogP contribution in [-0.4, -0.2) is 67.9 Å². The Balaban J connectivity index is 2.18. The third-order valence-electron chi connectivity index (χ3n) is 3.47. The Kier molecular flexibility index (Phi) is 7.43. The van der Waals surface area contributed by atoms with Gasteiger partial charge in [-0.3, -0.25) is 14.5 Å². The molecule has 110 valence electrons. The third-order valence-corrected chi connectivity index (χ3v) is 3.47. The van der Waals surface area contributed by atoms with Crippen molar-refractivity contribution in [1.82, 2.24) is 15.1 Å². The fourth-order valence-corrected chi connectivity index (χ4v) is 2.19. The molecule has 0 saturated carbocycles. The maximum atomic E-state index is 11.9. The number of piperazine rings is 1. The molecule has 19 heavy (non-hydrogen) atoms. The SMILES string of the molecule is CNC(=O)CN1CCN(C(=O)CCCCCN)CC1. The van der Waals surface area contributed by atoms with Crippen LogP contribution in [0.15, 0.2) is 0 Å². The Morgan fingerprint density at radius 3 is 2.37 bits per heavy atom. The largest absolute Gasteiger partial charge is 0.358 e. The highest BCUT2D eigenvalue weighted by molar-refractivity contribution is 5.78. The summed E-state index contributed by atoms with van der Waals surface area (Å²) in [6.07, 6.45) is 3.57. The van der Waals surface area contributed by atoms with E-state index in [9.17, 15) is 9.59 Å². The molecule has 0 aromatic rings. The lowest BCUT2D eigenvalue weighted by atomic mass is 10.1. The van der Waals surface area contributed by atoms with E-state index in [0.717, 1.165) is 45.4 Å². The van der Waals surface area contributed by atoms with Crippen LogP contribution in [0.3, 0.4) is 0 Å². The molecule has 0 aromatic carbocycles. The highest BCUT2D eigenvalue weighted by Crippen LogP contribution is 2.07. The summed E-state index contributed by atoms with van der Waals surface area (Å²) in [7, 11) is 1.64. The molecule has 2 amide bonds. The van der Waals surface area contributed by atoms with Crippen molar-refractivity contribution in [2.24, 2.45) is 5.73 Å². The number of amides is 2. The Hall–Kier alpha value is -1.14. The standard InChI is InChI=1S/C13H26N4O2/c1-15-12(18)11-16-7-9-17(10-8-16)13(19)5-3-2-4-6-14/h2-11,14H2,1H3,(H,15,18). The van der Waals surface area contributed by atoms with E-state index in [-0.39, 0.29) is 11.8 Å². The summed E-state index contributed by atoms with van der Waals surface area (Å²) < 4.78 is 0. The lowest BCUT2D eigenvalue weighted by molar-refractivity contribution is -0.133. The van der Waals surface area contributed by atoms with E-state index < -0.39 is 0 Å². The van der Waals surface area contributed by atoms with E-state index in [2.05, 4.69) is 10.2 Å². The minimum atomic E-state index is 0.0292. The van der Waals surface area contributed by atoms with Crippen LogP contribution >= 0.6 is 0 Å². The summed E-state index contributed by atoms with van der Waals surface area (Å²) in [6.45, 7) is 4.14. The van der Waals surface area contributed by atoms with Crippen LogP contribution in [0.4, 0.5) is 0 Å². The average molecular weight is 270 g/mol. The molecular formula is C13H26N4O2. The predicted octanol–water partition coefficient (Wildman–Crippen LogP) is -0.604. The molecule has 0 atom stereocenters. The van der Waals surface area contributed by atoms with Crippen molar-refractivity contribution in [3.63, 3.8) is 0 Å². The average Bonchev–Trinajstić information content (AvgIpc) is 2.44. The molecule has 0 bridgehead atoms. The van der Waals surface area contributed by atoms with Crippen LogP contribution in [0, 0.1) is 0 Å². The Morgan fingerprint density at radius 2 is 1.79 bits per heavy atom. The van der Waals surface area contributed by atoms with Gasteiger partial charge in [0, 0.05) is 39.6 Å². The van der Waals surface area contributed by atoms with E-state index >= 15 is 0 Å². The van der Waals surface area contributed by atoms with Crippen molar-refractivity contribution in [3.8, 4) is 0 Å². The zero-order chi connectivity index (χ0) is 14.1. The summed E-state index contributed by atoms with van der Waals surface area (Å²) in [4.78, 5) is 27.2. The number of rotatable bonds is 7. The number of unbranched alkanes of at least 4 members (excludes halogenated alkanes) is 2. The van der Waals surface area contributed by atoms with Crippen LogP contribution in [0.25, 0.3) is 0 Å². The van der Waals surface area contributed by atoms with Crippen molar-refractivity contribution < 1.29 is 9.59 Å². The van der Waals surface area contributed by atoms with Gasteiger partial charge in [0.25, 0.3) is 0 Å². The zero-order valence-electron chi connectivity index (χ0n) is 11.9. The van der Waals surface area contributed by atoms with Gasteiger partial charge in [-0.15, -0.1) is 0 Å². The van der Waals surface area contributed by atoms with Crippen LogP contribution in [0.2, 0.25) is 0 Å². The predicted molar refractivity (Wildman–Crippen MR) is 74.6 cm³/mol. The maximum Gasteiger partial charge on any atom is 0.233 e. The van der Waals surface area contributed by atoms with Crippen LogP contribution in [0.1, 0.15) is 25.7 Å². The number of carbonyl (C=O) groups excluding carboxylic acids is 2. The lowest BCUT2D eigenvalue weighted by Gasteiger charge is -2.34. The normalized spacial score (nSPS) is 16.4.